The summed E-state index contributed by atoms with van der Waals surface area (Å²) in [6.45, 7) is 3.80. The van der Waals surface area contributed by atoms with E-state index in [0.29, 0.717) is 0 Å². The van der Waals surface area contributed by atoms with Crippen LogP contribution in [0.3, 0.4) is 0 Å². The normalized spacial score (nSPS) is 11.4. The number of hydrogen-bond acceptors (Lipinski definition) is 1. The summed E-state index contributed by atoms with van der Waals surface area (Å²) in [5, 5.41) is 8.42. The van der Waals surface area contributed by atoms with E-state index in [1.165, 1.54) is 0 Å². The molecule has 0 aromatic heterocycles. The van der Waals surface area contributed by atoms with Gasteiger partial charge in [-0.3, -0.25) is 0 Å². The van der Waals surface area contributed by atoms with Gasteiger partial charge in [-0.15, -0.1) is 6.58 Å². The van der Waals surface area contributed by atoms with Crippen molar-refractivity contribution in [3.63, 3.8) is 0 Å². The Labute approximate surface area is 75.1 Å². The van der Waals surface area contributed by atoms with Crippen molar-refractivity contribution in [2.75, 3.05) is 6.61 Å². The molecule has 0 heterocycles. The van der Waals surface area contributed by atoms with Gasteiger partial charge in [0.2, 0.25) is 0 Å². The standard InChI is InChI=1S/C11H18O/c1-2-3-4-5-6-7-8-9-10-11-12/h2,5-6,9-10,12H,1,3-4,7-8,11H2/b6-5+,10-9+. The predicted molar refractivity (Wildman–Crippen MR) is 54.0 cm³/mol. The second-order valence-corrected chi connectivity index (χ2v) is 2.57. The van der Waals surface area contributed by atoms with Gasteiger partial charge in [-0.2, -0.15) is 0 Å². The van der Waals surface area contributed by atoms with E-state index in [4.69, 9.17) is 5.11 Å². The van der Waals surface area contributed by atoms with Crippen molar-refractivity contribution in [3.8, 4) is 0 Å². The molecule has 0 unspecified atom stereocenters. The lowest BCUT2D eigenvalue weighted by Crippen LogP contribution is -1.71. The van der Waals surface area contributed by atoms with Gasteiger partial charge in [-0.25, -0.2) is 0 Å². The summed E-state index contributed by atoms with van der Waals surface area (Å²) in [6.07, 6.45) is 14.3. The SMILES string of the molecule is C=CCC/C=C/CC/C=C/CO. The first-order valence-corrected chi connectivity index (χ1v) is 4.43. The van der Waals surface area contributed by atoms with Crippen LogP contribution in [0.5, 0.6) is 0 Å². The van der Waals surface area contributed by atoms with Crippen LogP contribution < -0.4 is 0 Å². The summed E-state index contributed by atoms with van der Waals surface area (Å²) in [5.74, 6) is 0. The molecule has 0 rings (SSSR count). The summed E-state index contributed by atoms with van der Waals surface area (Å²) in [4.78, 5) is 0. The molecule has 0 fully saturated rings. The molecule has 12 heavy (non-hydrogen) atoms. The summed E-state index contributed by atoms with van der Waals surface area (Å²) in [7, 11) is 0. The van der Waals surface area contributed by atoms with E-state index in [-0.39, 0.29) is 6.61 Å². The van der Waals surface area contributed by atoms with Crippen molar-refractivity contribution < 1.29 is 5.11 Å². The van der Waals surface area contributed by atoms with Gasteiger partial charge < -0.3 is 5.11 Å². The second-order valence-electron chi connectivity index (χ2n) is 2.57. The van der Waals surface area contributed by atoms with Crippen LogP contribution in [-0.2, 0) is 0 Å². The molecule has 1 N–H and O–H groups in total. The molecule has 0 atom stereocenters. The molecule has 1 heteroatoms. The molecule has 0 aromatic rings. The third kappa shape index (κ3) is 9.18. The number of unbranched alkanes of at least 4 members (excludes halogenated alkanes) is 2. The smallest absolute Gasteiger partial charge is 0.0612 e. The lowest BCUT2D eigenvalue weighted by Gasteiger charge is -1.87. The highest BCUT2D eigenvalue weighted by Crippen LogP contribution is 1.96. The van der Waals surface area contributed by atoms with Gasteiger partial charge in [0.1, 0.15) is 0 Å². The third-order valence-electron chi connectivity index (χ3n) is 1.48. The van der Waals surface area contributed by atoms with Crippen molar-refractivity contribution in [2.45, 2.75) is 25.7 Å². The molecule has 0 radical (unpaired) electrons. The van der Waals surface area contributed by atoms with Gasteiger partial charge in [0, 0.05) is 0 Å². The molecule has 0 aliphatic rings. The molecular formula is C11H18O. The van der Waals surface area contributed by atoms with E-state index in [1.807, 2.05) is 12.2 Å². The van der Waals surface area contributed by atoms with Gasteiger partial charge >= 0.3 is 0 Å². The number of rotatable bonds is 7. The molecule has 0 aliphatic carbocycles. The summed E-state index contributed by atoms with van der Waals surface area (Å²) in [5.41, 5.74) is 0. The van der Waals surface area contributed by atoms with Gasteiger partial charge in [-0.1, -0.05) is 30.4 Å². The lowest BCUT2D eigenvalue weighted by atomic mass is 10.2. The fourth-order valence-corrected chi connectivity index (χ4v) is 0.835. The topological polar surface area (TPSA) is 20.2 Å². The summed E-state index contributed by atoms with van der Waals surface area (Å²) in [6, 6.07) is 0. The lowest BCUT2D eigenvalue weighted by molar-refractivity contribution is 0.342. The molecule has 0 spiro atoms. The van der Waals surface area contributed by atoms with Crippen LogP contribution in [-0.4, -0.2) is 11.7 Å². The Bertz CT molecular complexity index is 145. The molecule has 0 amide bonds. The van der Waals surface area contributed by atoms with Crippen molar-refractivity contribution >= 4 is 0 Å². The van der Waals surface area contributed by atoms with Crippen LogP contribution in [0.1, 0.15) is 25.7 Å². The molecule has 68 valence electrons. The van der Waals surface area contributed by atoms with Crippen molar-refractivity contribution in [2.24, 2.45) is 0 Å². The Kier molecular flexibility index (Phi) is 9.48. The molecule has 0 aliphatic heterocycles. The largest absolute Gasteiger partial charge is 0.392 e. The Morgan fingerprint density at radius 3 is 1.83 bits per heavy atom. The Morgan fingerprint density at radius 2 is 1.33 bits per heavy atom. The van der Waals surface area contributed by atoms with Gasteiger partial charge in [-0.05, 0) is 25.7 Å². The number of hydrogen-bond donors (Lipinski definition) is 1. The summed E-state index contributed by atoms with van der Waals surface area (Å²) < 4.78 is 0. The highest BCUT2D eigenvalue weighted by atomic mass is 16.2. The van der Waals surface area contributed by atoms with Gasteiger partial charge in [0.15, 0.2) is 0 Å². The summed E-state index contributed by atoms with van der Waals surface area (Å²) >= 11 is 0. The van der Waals surface area contributed by atoms with Crippen molar-refractivity contribution in [1.82, 2.24) is 0 Å². The Morgan fingerprint density at radius 1 is 0.833 bits per heavy atom. The van der Waals surface area contributed by atoms with Crippen LogP contribution in [0.2, 0.25) is 0 Å². The fourth-order valence-electron chi connectivity index (χ4n) is 0.835. The first kappa shape index (κ1) is 11.2. The monoisotopic (exact) mass is 166 g/mol. The van der Waals surface area contributed by atoms with Crippen molar-refractivity contribution in [1.29, 1.82) is 0 Å². The predicted octanol–water partition coefficient (Wildman–Crippen LogP) is 2.84. The van der Waals surface area contributed by atoms with Crippen LogP contribution in [0.25, 0.3) is 0 Å². The van der Waals surface area contributed by atoms with E-state index >= 15 is 0 Å². The zero-order valence-corrected chi connectivity index (χ0v) is 7.58. The maximum atomic E-state index is 8.42. The maximum absolute atomic E-state index is 8.42. The minimum Gasteiger partial charge on any atom is -0.392 e. The van der Waals surface area contributed by atoms with Crippen LogP contribution in [0.4, 0.5) is 0 Å². The average Bonchev–Trinajstić information content (AvgIpc) is 2.10. The Hall–Kier alpha value is -0.820. The van der Waals surface area contributed by atoms with Crippen LogP contribution in [0.15, 0.2) is 37.0 Å². The van der Waals surface area contributed by atoms with E-state index in [0.717, 1.165) is 25.7 Å². The number of aliphatic hydroxyl groups excluding tert-OH is 1. The fraction of sp³-hybridized carbons (Fsp3) is 0.455. The van der Waals surface area contributed by atoms with E-state index in [2.05, 4.69) is 18.7 Å². The Balaban J connectivity index is 3.12. The zero-order valence-electron chi connectivity index (χ0n) is 7.58. The molecule has 0 bridgehead atoms. The number of aliphatic hydroxyl groups is 1. The minimum absolute atomic E-state index is 0.153. The quantitative estimate of drug-likeness (QED) is 0.455. The first-order chi connectivity index (χ1) is 5.91. The number of allylic oxidation sites excluding steroid dienone is 4. The van der Waals surface area contributed by atoms with Gasteiger partial charge in [0.05, 0.1) is 6.61 Å². The maximum Gasteiger partial charge on any atom is 0.0612 e. The molecule has 0 saturated heterocycles. The van der Waals surface area contributed by atoms with Gasteiger partial charge in [0.25, 0.3) is 0 Å². The first-order valence-electron chi connectivity index (χ1n) is 4.43. The van der Waals surface area contributed by atoms with E-state index in [9.17, 15) is 0 Å². The second kappa shape index (κ2) is 10.2. The third-order valence-corrected chi connectivity index (χ3v) is 1.48. The molecule has 0 aromatic carbocycles. The zero-order chi connectivity index (χ0) is 9.07. The average molecular weight is 166 g/mol. The highest BCUT2D eigenvalue weighted by molar-refractivity contribution is 4.88. The highest BCUT2D eigenvalue weighted by Gasteiger charge is 1.77. The minimum atomic E-state index is 0.153. The van der Waals surface area contributed by atoms with E-state index in [1.54, 1.807) is 6.08 Å². The van der Waals surface area contributed by atoms with Crippen molar-refractivity contribution in [3.05, 3.63) is 37.0 Å². The van der Waals surface area contributed by atoms with Crippen LogP contribution in [0, 0.1) is 0 Å². The molecular weight excluding hydrogens is 148 g/mol. The van der Waals surface area contributed by atoms with Crippen LogP contribution >= 0.6 is 0 Å². The van der Waals surface area contributed by atoms with E-state index < -0.39 is 0 Å². The molecule has 0 saturated carbocycles. The molecule has 1 nitrogen and oxygen atoms in total.